The summed E-state index contributed by atoms with van der Waals surface area (Å²) >= 11 is 8.63. The number of carbonyl (C=O) groups is 1. The molecule has 0 unspecified atom stereocenters. The Bertz CT molecular complexity index is 1050. The highest BCUT2D eigenvalue weighted by Gasteiger charge is 2.14. The van der Waals surface area contributed by atoms with E-state index in [1.807, 2.05) is 5.38 Å². The number of thiophene rings is 1. The molecule has 3 rings (SSSR count). The number of nitrogens with zero attached hydrogens (tertiary/aromatic N) is 2. The molecular formula is C18H18ClN3O4S2. The number of hydrogen-bond donors (Lipinski definition) is 1. The molecule has 0 saturated heterocycles. The molecule has 0 spiro atoms. The summed E-state index contributed by atoms with van der Waals surface area (Å²) in [6, 6.07) is 6.80. The molecule has 2 heterocycles. The van der Waals surface area contributed by atoms with Crippen LogP contribution in [0.1, 0.15) is 0 Å². The van der Waals surface area contributed by atoms with Crippen molar-refractivity contribution in [3.8, 4) is 5.75 Å². The van der Waals surface area contributed by atoms with Gasteiger partial charge in [0, 0.05) is 12.8 Å². The minimum Gasteiger partial charge on any atom is -0.495 e. The second-order valence-corrected chi connectivity index (χ2v) is 7.93. The van der Waals surface area contributed by atoms with E-state index in [1.54, 1.807) is 35.9 Å². The predicted octanol–water partition coefficient (Wildman–Crippen LogP) is 3.50. The molecule has 0 saturated carbocycles. The second-order valence-electron chi connectivity index (χ2n) is 5.67. The van der Waals surface area contributed by atoms with Gasteiger partial charge in [-0.15, -0.1) is 11.3 Å². The van der Waals surface area contributed by atoms with Crippen molar-refractivity contribution in [1.82, 2.24) is 9.55 Å². The van der Waals surface area contributed by atoms with Crippen molar-refractivity contribution in [3.63, 3.8) is 0 Å². The Morgan fingerprint density at radius 1 is 1.36 bits per heavy atom. The van der Waals surface area contributed by atoms with Gasteiger partial charge in [0.1, 0.15) is 10.4 Å². The average Bonchev–Trinajstić information content (AvgIpc) is 3.15. The molecule has 28 heavy (non-hydrogen) atoms. The lowest BCUT2D eigenvalue weighted by molar-refractivity contribution is -0.113. The van der Waals surface area contributed by atoms with E-state index in [9.17, 15) is 9.59 Å². The molecule has 3 aromatic rings. The molecule has 1 amide bonds. The molecule has 0 aliphatic rings. The summed E-state index contributed by atoms with van der Waals surface area (Å²) in [7, 11) is 3.10. The van der Waals surface area contributed by atoms with Crippen LogP contribution in [-0.4, -0.2) is 42.0 Å². The third-order valence-electron chi connectivity index (χ3n) is 3.82. The Labute approximate surface area is 174 Å². The molecule has 148 valence electrons. The minimum absolute atomic E-state index is 0.0959. The van der Waals surface area contributed by atoms with Crippen LogP contribution in [0.4, 0.5) is 5.69 Å². The molecule has 0 aliphatic heterocycles. The van der Waals surface area contributed by atoms with Crippen molar-refractivity contribution < 1.29 is 14.3 Å². The molecular weight excluding hydrogens is 422 g/mol. The lowest BCUT2D eigenvalue weighted by Crippen LogP contribution is -2.25. The minimum atomic E-state index is -0.232. The summed E-state index contributed by atoms with van der Waals surface area (Å²) < 4.78 is 12.3. The summed E-state index contributed by atoms with van der Waals surface area (Å²) in [5.41, 5.74) is 1.07. The topological polar surface area (TPSA) is 82.4 Å². The van der Waals surface area contributed by atoms with Crippen LogP contribution < -0.4 is 15.6 Å². The summed E-state index contributed by atoms with van der Waals surface area (Å²) in [4.78, 5) is 29.5. The van der Waals surface area contributed by atoms with E-state index >= 15 is 0 Å². The maximum atomic E-state index is 12.7. The van der Waals surface area contributed by atoms with E-state index < -0.39 is 0 Å². The summed E-state index contributed by atoms with van der Waals surface area (Å²) in [5, 5.41) is 5.49. The van der Waals surface area contributed by atoms with Crippen LogP contribution in [0.3, 0.4) is 0 Å². The first kappa shape index (κ1) is 20.7. The molecule has 0 bridgehead atoms. The molecule has 0 radical (unpaired) electrons. The first-order valence-electron chi connectivity index (χ1n) is 8.26. The maximum Gasteiger partial charge on any atom is 0.272 e. The quantitative estimate of drug-likeness (QED) is 0.427. The van der Waals surface area contributed by atoms with E-state index in [-0.39, 0.29) is 17.2 Å². The predicted molar refractivity (Wildman–Crippen MR) is 113 cm³/mol. The number of nitrogens with one attached hydrogen (secondary N) is 1. The van der Waals surface area contributed by atoms with Crippen LogP contribution in [-0.2, 0) is 16.1 Å². The number of thioether (sulfide) groups is 1. The van der Waals surface area contributed by atoms with Gasteiger partial charge in [-0.3, -0.25) is 14.2 Å². The first-order chi connectivity index (χ1) is 13.5. The van der Waals surface area contributed by atoms with Crippen LogP contribution in [0.15, 0.2) is 39.6 Å². The normalized spacial score (nSPS) is 11.0. The van der Waals surface area contributed by atoms with Crippen LogP contribution in [0.2, 0.25) is 5.02 Å². The first-order valence-corrected chi connectivity index (χ1v) is 10.5. The van der Waals surface area contributed by atoms with Crippen molar-refractivity contribution in [1.29, 1.82) is 0 Å². The van der Waals surface area contributed by atoms with E-state index in [1.165, 1.54) is 30.2 Å². The molecule has 1 aromatic carbocycles. The molecule has 0 aliphatic carbocycles. The van der Waals surface area contributed by atoms with Gasteiger partial charge in [-0.1, -0.05) is 23.4 Å². The van der Waals surface area contributed by atoms with Crippen molar-refractivity contribution in [3.05, 3.63) is 45.0 Å². The van der Waals surface area contributed by atoms with Gasteiger partial charge in [-0.25, -0.2) is 4.98 Å². The van der Waals surface area contributed by atoms with E-state index in [0.717, 1.165) is 0 Å². The van der Waals surface area contributed by atoms with Gasteiger partial charge in [0.2, 0.25) is 5.91 Å². The smallest absolute Gasteiger partial charge is 0.272 e. The van der Waals surface area contributed by atoms with Crippen LogP contribution in [0.25, 0.3) is 10.2 Å². The van der Waals surface area contributed by atoms with Gasteiger partial charge < -0.3 is 14.8 Å². The number of halogens is 1. The molecule has 7 nitrogen and oxygen atoms in total. The fraction of sp³-hybridized carbons (Fsp3) is 0.278. The number of rotatable bonds is 8. The Kier molecular flexibility index (Phi) is 6.95. The third-order valence-corrected chi connectivity index (χ3v) is 5.98. The van der Waals surface area contributed by atoms with E-state index in [2.05, 4.69) is 10.3 Å². The van der Waals surface area contributed by atoms with Crippen LogP contribution in [0, 0.1) is 0 Å². The molecule has 0 fully saturated rings. The summed E-state index contributed by atoms with van der Waals surface area (Å²) in [6.07, 6.45) is 0. The summed E-state index contributed by atoms with van der Waals surface area (Å²) in [6.45, 7) is 0.747. The molecule has 10 heteroatoms. The molecule has 0 atom stereocenters. The van der Waals surface area contributed by atoms with Crippen LogP contribution >= 0.6 is 34.7 Å². The maximum absolute atomic E-state index is 12.7. The highest BCUT2D eigenvalue weighted by Crippen LogP contribution is 2.27. The largest absolute Gasteiger partial charge is 0.495 e. The highest BCUT2D eigenvalue weighted by atomic mass is 35.5. The van der Waals surface area contributed by atoms with Crippen molar-refractivity contribution >= 4 is 56.5 Å². The van der Waals surface area contributed by atoms with E-state index in [0.29, 0.717) is 45.0 Å². The standard InChI is InChI=1S/C18H18ClN3O4S2/c1-25-7-6-22-17(24)16-13(5-8-27-16)21-18(22)28-10-15(23)20-11-3-4-14(26-2)12(19)9-11/h3-5,8-9H,6-7,10H2,1-2H3,(H,20,23). The van der Waals surface area contributed by atoms with Gasteiger partial charge in [-0.05, 0) is 29.6 Å². The number of aromatic nitrogens is 2. The molecule has 2 aromatic heterocycles. The lowest BCUT2D eigenvalue weighted by Gasteiger charge is -2.12. The van der Waals surface area contributed by atoms with Crippen LogP contribution in [0.5, 0.6) is 5.75 Å². The van der Waals surface area contributed by atoms with Crippen molar-refractivity contribution in [2.45, 2.75) is 11.7 Å². The zero-order chi connectivity index (χ0) is 20.1. The Hall–Kier alpha value is -2.07. The fourth-order valence-corrected chi connectivity index (χ4v) is 4.35. The van der Waals surface area contributed by atoms with E-state index in [4.69, 9.17) is 21.1 Å². The van der Waals surface area contributed by atoms with Gasteiger partial charge in [-0.2, -0.15) is 0 Å². The fourth-order valence-electron chi connectivity index (χ4n) is 2.48. The molecule has 1 N–H and O–H groups in total. The number of hydrogen-bond acceptors (Lipinski definition) is 7. The average molecular weight is 440 g/mol. The Morgan fingerprint density at radius 2 is 2.18 bits per heavy atom. The zero-order valence-electron chi connectivity index (χ0n) is 15.2. The van der Waals surface area contributed by atoms with Crippen molar-refractivity contribution in [2.75, 3.05) is 31.9 Å². The Morgan fingerprint density at radius 3 is 2.89 bits per heavy atom. The van der Waals surface area contributed by atoms with Crippen molar-refractivity contribution in [2.24, 2.45) is 0 Å². The number of fused-ring (bicyclic) bond motifs is 1. The number of methoxy groups -OCH3 is 2. The lowest BCUT2D eigenvalue weighted by atomic mass is 10.3. The van der Waals surface area contributed by atoms with Gasteiger partial charge >= 0.3 is 0 Å². The zero-order valence-corrected chi connectivity index (χ0v) is 17.6. The number of amides is 1. The Balaban J connectivity index is 1.74. The number of benzene rings is 1. The second kappa shape index (κ2) is 9.42. The SMILES string of the molecule is COCCn1c(SCC(=O)Nc2ccc(OC)c(Cl)c2)nc2ccsc2c1=O. The summed E-state index contributed by atoms with van der Waals surface area (Å²) in [5.74, 6) is 0.396. The number of ether oxygens (including phenoxy) is 2. The number of anilines is 1. The van der Waals surface area contributed by atoms with Gasteiger partial charge in [0.15, 0.2) is 5.16 Å². The van der Waals surface area contributed by atoms with Gasteiger partial charge in [0.25, 0.3) is 5.56 Å². The monoisotopic (exact) mass is 439 g/mol. The third kappa shape index (κ3) is 4.67. The highest BCUT2D eigenvalue weighted by molar-refractivity contribution is 7.99. The van der Waals surface area contributed by atoms with Gasteiger partial charge in [0.05, 0.1) is 36.6 Å². The number of carbonyl (C=O) groups excluding carboxylic acids is 1.